The lowest BCUT2D eigenvalue weighted by atomic mass is 10.3. The lowest BCUT2D eigenvalue weighted by Crippen LogP contribution is -1.97. The first-order valence-corrected chi connectivity index (χ1v) is 5.05. The molecule has 5 nitrogen and oxygen atoms in total. The van der Waals surface area contributed by atoms with Gasteiger partial charge in [0.05, 0.1) is 0 Å². The predicted molar refractivity (Wildman–Crippen MR) is 66.1 cm³/mol. The Bertz CT molecular complexity index is 594. The van der Waals surface area contributed by atoms with Gasteiger partial charge in [-0.2, -0.15) is 0 Å². The van der Waals surface area contributed by atoms with Crippen molar-refractivity contribution in [1.29, 1.82) is 0 Å². The molecule has 17 heavy (non-hydrogen) atoms. The Labute approximate surface area is 103 Å². The molecule has 0 spiro atoms. The maximum absolute atomic E-state index is 5.85. The fraction of sp³-hybridized carbons (Fsp3) is 0. The van der Waals surface area contributed by atoms with E-state index in [1.807, 2.05) is 0 Å². The first-order chi connectivity index (χ1) is 8.16. The van der Waals surface area contributed by atoms with Crippen LogP contribution in [-0.4, -0.2) is 15.0 Å². The van der Waals surface area contributed by atoms with Crippen molar-refractivity contribution >= 4 is 23.2 Å². The number of anilines is 2. The van der Waals surface area contributed by atoms with Crippen LogP contribution in [0.15, 0.2) is 24.5 Å². The topological polar surface area (TPSA) is 90.7 Å². The number of hydrogen-bond acceptors (Lipinski definition) is 5. The van der Waals surface area contributed by atoms with E-state index in [2.05, 4.69) is 26.8 Å². The molecule has 0 saturated heterocycles. The number of hydrogen-bond donors (Lipinski definition) is 2. The van der Waals surface area contributed by atoms with Gasteiger partial charge in [0.2, 0.25) is 0 Å². The third kappa shape index (κ3) is 2.62. The zero-order valence-corrected chi connectivity index (χ0v) is 9.44. The number of pyridine rings is 1. The minimum Gasteiger partial charge on any atom is -0.384 e. The van der Waals surface area contributed by atoms with Gasteiger partial charge < -0.3 is 11.5 Å². The van der Waals surface area contributed by atoms with Crippen molar-refractivity contribution in [3.8, 4) is 11.8 Å². The molecule has 6 heteroatoms. The molecule has 0 saturated carbocycles. The maximum atomic E-state index is 5.85. The van der Waals surface area contributed by atoms with Gasteiger partial charge in [-0.05, 0) is 18.1 Å². The second-order valence-electron chi connectivity index (χ2n) is 3.12. The van der Waals surface area contributed by atoms with Crippen LogP contribution in [0.25, 0.3) is 0 Å². The van der Waals surface area contributed by atoms with Crippen molar-refractivity contribution in [2.24, 2.45) is 0 Å². The van der Waals surface area contributed by atoms with E-state index in [1.165, 1.54) is 6.33 Å². The van der Waals surface area contributed by atoms with E-state index in [0.717, 1.165) is 0 Å². The van der Waals surface area contributed by atoms with Crippen molar-refractivity contribution in [2.75, 3.05) is 11.5 Å². The van der Waals surface area contributed by atoms with Crippen LogP contribution in [-0.2, 0) is 0 Å². The summed E-state index contributed by atoms with van der Waals surface area (Å²) in [5.74, 6) is 6.21. The molecule has 0 aliphatic heterocycles. The van der Waals surface area contributed by atoms with E-state index in [-0.39, 0.29) is 11.0 Å². The molecule has 0 aliphatic rings. The summed E-state index contributed by atoms with van der Waals surface area (Å²) in [4.78, 5) is 11.6. The average Bonchev–Trinajstić information content (AvgIpc) is 2.28. The summed E-state index contributed by atoms with van der Waals surface area (Å²) in [6, 6.07) is 5.17. The fourth-order valence-corrected chi connectivity index (χ4v) is 1.33. The third-order valence-corrected chi connectivity index (χ3v) is 2.20. The third-order valence-electron chi connectivity index (χ3n) is 1.92. The molecule has 0 aliphatic carbocycles. The number of nitrogens with two attached hydrogens (primary N) is 2. The van der Waals surface area contributed by atoms with Crippen LogP contribution < -0.4 is 11.5 Å². The first-order valence-electron chi connectivity index (χ1n) is 4.67. The monoisotopic (exact) mass is 245 g/mol. The summed E-state index contributed by atoms with van der Waals surface area (Å²) >= 11 is 5.85. The second kappa shape index (κ2) is 4.68. The van der Waals surface area contributed by atoms with Crippen LogP contribution in [0.2, 0.25) is 5.15 Å². The Balaban J connectivity index is 2.40. The molecule has 2 aromatic rings. The van der Waals surface area contributed by atoms with E-state index in [4.69, 9.17) is 23.1 Å². The zero-order chi connectivity index (χ0) is 12.3. The maximum Gasteiger partial charge on any atom is 0.150 e. The molecule has 0 bridgehead atoms. The summed E-state index contributed by atoms with van der Waals surface area (Å²) < 4.78 is 0. The number of rotatable bonds is 0. The van der Waals surface area contributed by atoms with Crippen LogP contribution in [0.1, 0.15) is 11.3 Å². The molecule has 2 aromatic heterocycles. The highest BCUT2D eigenvalue weighted by Gasteiger charge is 2.03. The Morgan fingerprint density at radius 1 is 1.12 bits per heavy atom. The van der Waals surface area contributed by atoms with Crippen molar-refractivity contribution < 1.29 is 0 Å². The van der Waals surface area contributed by atoms with Gasteiger partial charge in [0.15, 0.2) is 0 Å². The molecule has 0 fully saturated rings. The Hall–Kier alpha value is -2.32. The van der Waals surface area contributed by atoms with Crippen LogP contribution in [0, 0.1) is 11.8 Å². The van der Waals surface area contributed by atoms with Crippen LogP contribution in [0.3, 0.4) is 0 Å². The van der Waals surface area contributed by atoms with E-state index in [9.17, 15) is 0 Å². The molecule has 84 valence electrons. The Morgan fingerprint density at radius 3 is 2.65 bits per heavy atom. The summed E-state index contributed by atoms with van der Waals surface area (Å²) in [7, 11) is 0. The van der Waals surface area contributed by atoms with E-state index >= 15 is 0 Å². The standard InChI is InChI=1S/C11H8ClN5/c12-10-8(11(14)16-6-15-10)5-4-7-2-1-3-9(13)17-7/h1-3,6H,(H2,13,17)(H2,14,15,16). The average molecular weight is 246 g/mol. The fourth-order valence-electron chi connectivity index (χ4n) is 1.14. The van der Waals surface area contributed by atoms with Gasteiger partial charge in [-0.1, -0.05) is 23.6 Å². The first kappa shape index (κ1) is 11.2. The normalized spacial score (nSPS) is 9.47. The van der Waals surface area contributed by atoms with Gasteiger partial charge >= 0.3 is 0 Å². The number of nitrogen functional groups attached to an aromatic ring is 2. The largest absolute Gasteiger partial charge is 0.384 e. The lowest BCUT2D eigenvalue weighted by molar-refractivity contribution is 1.17. The minimum absolute atomic E-state index is 0.217. The van der Waals surface area contributed by atoms with Crippen molar-refractivity contribution in [1.82, 2.24) is 15.0 Å². The summed E-state index contributed by atoms with van der Waals surface area (Å²) in [5, 5.41) is 0.217. The van der Waals surface area contributed by atoms with Gasteiger partial charge in [-0.25, -0.2) is 15.0 Å². The molecule has 2 rings (SSSR count). The highest BCUT2D eigenvalue weighted by Crippen LogP contribution is 2.15. The SMILES string of the molecule is Nc1cccc(C#Cc2c(N)ncnc2Cl)n1. The smallest absolute Gasteiger partial charge is 0.150 e. The number of aromatic nitrogens is 3. The van der Waals surface area contributed by atoms with Crippen LogP contribution in [0.4, 0.5) is 11.6 Å². The molecule has 0 aromatic carbocycles. The van der Waals surface area contributed by atoms with Gasteiger partial charge in [-0.3, -0.25) is 0 Å². The van der Waals surface area contributed by atoms with Crippen LogP contribution >= 0.6 is 11.6 Å². The number of halogens is 1. The van der Waals surface area contributed by atoms with Gasteiger partial charge in [-0.15, -0.1) is 0 Å². The molecule has 2 heterocycles. The van der Waals surface area contributed by atoms with Crippen molar-refractivity contribution in [2.45, 2.75) is 0 Å². The summed E-state index contributed by atoms with van der Waals surface area (Å²) in [6.45, 7) is 0. The van der Waals surface area contributed by atoms with Gasteiger partial charge in [0, 0.05) is 0 Å². The molecule has 0 unspecified atom stereocenters. The minimum atomic E-state index is 0.217. The quantitative estimate of drug-likeness (QED) is 0.536. The Morgan fingerprint density at radius 2 is 1.94 bits per heavy atom. The predicted octanol–water partition coefficient (Wildman–Crippen LogP) is 1.09. The van der Waals surface area contributed by atoms with E-state index in [0.29, 0.717) is 17.1 Å². The number of nitrogens with zero attached hydrogens (tertiary/aromatic N) is 3. The van der Waals surface area contributed by atoms with E-state index in [1.54, 1.807) is 18.2 Å². The van der Waals surface area contributed by atoms with Gasteiger partial charge in [0.25, 0.3) is 0 Å². The van der Waals surface area contributed by atoms with E-state index < -0.39 is 0 Å². The van der Waals surface area contributed by atoms with Crippen molar-refractivity contribution in [3.63, 3.8) is 0 Å². The molecule has 0 atom stereocenters. The van der Waals surface area contributed by atoms with Crippen molar-refractivity contribution in [3.05, 3.63) is 40.9 Å². The molecule has 0 amide bonds. The van der Waals surface area contributed by atoms with Crippen LogP contribution in [0.5, 0.6) is 0 Å². The summed E-state index contributed by atoms with van der Waals surface area (Å²) in [5.41, 5.74) is 12.1. The van der Waals surface area contributed by atoms with Gasteiger partial charge in [0.1, 0.15) is 34.4 Å². The molecular formula is C11H8ClN5. The molecule has 0 radical (unpaired) electrons. The highest BCUT2D eigenvalue weighted by atomic mass is 35.5. The zero-order valence-electron chi connectivity index (χ0n) is 8.68. The second-order valence-corrected chi connectivity index (χ2v) is 3.48. The lowest BCUT2D eigenvalue weighted by Gasteiger charge is -1.97. The highest BCUT2D eigenvalue weighted by molar-refractivity contribution is 6.30. The molecule has 4 N–H and O–H groups in total. The Kier molecular flexibility index (Phi) is 3.08. The molecular weight excluding hydrogens is 238 g/mol. The summed E-state index contributed by atoms with van der Waals surface area (Å²) in [6.07, 6.45) is 1.28.